The maximum Gasteiger partial charge on any atom is 0.500 e. The summed E-state index contributed by atoms with van der Waals surface area (Å²) in [7, 11) is 2.38. The first-order chi connectivity index (χ1) is 9.24. The number of pyridine rings is 1. The van der Waals surface area contributed by atoms with Gasteiger partial charge in [0.25, 0.3) is 0 Å². The Balaban J connectivity index is 2.22. The molecule has 0 amide bonds. The molecular formula is C14H19NO3Si. The molecule has 2 rings (SSSR count). The molecule has 0 unspecified atom stereocenters. The van der Waals surface area contributed by atoms with Gasteiger partial charge >= 0.3 is 8.80 Å². The van der Waals surface area contributed by atoms with Gasteiger partial charge in [0.1, 0.15) is 0 Å². The second-order valence-corrected chi connectivity index (χ2v) is 7.36. The van der Waals surface area contributed by atoms with E-state index in [-0.39, 0.29) is 0 Å². The van der Waals surface area contributed by atoms with Crippen molar-refractivity contribution in [3.63, 3.8) is 0 Å². The topological polar surface area (TPSA) is 40.6 Å². The zero-order valence-electron chi connectivity index (χ0n) is 11.6. The third kappa shape index (κ3) is 3.01. The summed E-state index contributed by atoms with van der Waals surface area (Å²) in [5.74, 6) is 0. The lowest BCUT2D eigenvalue weighted by molar-refractivity contribution is 0.123. The van der Waals surface area contributed by atoms with E-state index in [1.165, 1.54) is 10.8 Å². The van der Waals surface area contributed by atoms with Crippen LogP contribution in [0.3, 0.4) is 0 Å². The van der Waals surface area contributed by atoms with E-state index in [0.717, 1.165) is 18.2 Å². The molecule has 4 nitrogen and oxygen atoms in total. The number of aryl methyl sites for hydroxylation is 1. The van der Waals surface area contributed by atoms with Crippen molar-refractivity contribution in [3.8, 4) is 0 Å². The van der Waals surface area contributed by atoms with Crippen molar-refractivity contribution in [1.82, 2.24) is 4.98 Å². The first-order valence-electron chi connectivity index (χ1n) is 6.23. The number of fused-ring (bicyclic) bond motifs is 1. The van der Waals surface area contributed by atoms with Crippen LogP contribution in [0.5, 0.6) is 0 Å². The molecule has 1 aromatic carbocycles. The largest absolute Gasteiger partial charge is 0.500 e. The predicted molar refractivity (Wildman–Crippen MR) is 77.0 cm³/mol. The van der Waals surface area contributed by atoms with Crippen LogP contribution >= 0.6 is 0 Å². The van der Waals surface area contributed by atoms with E-state index in [1.54, 1.807) is 21.3 Å². The quantitative estimate of drug-likeness (QED) is 0.761. The molecule has 0 aliphatic carbocycles. The summed E-state index contributed by atoms with van der Waals surface area (Å²) >= 11 is 0. The summed E-state index contributed by atoms with van der Waals surface area (Å²) in [6, 6.07) is 11.0. The van der Waals surface area contributed by atoms with Crippen molar-refractivity contribution in [2.45, 2.75) is 12.5 Å². The molecule has 1 heterocycles. The lowest BCUT2D eigenvalue weighted by atomic mass is 10.1. The van der Waals surface area contributed by atoms with E-state index in [4.69, 9.17) is 13.3 Å². The summed E-state index contributed by atoms with van der Waals surface area (Å²) in [5.41, 5.74) is 1.06. The number of nitrogens with zero attached hydrogens (tertiary/aromatic N) is 1. The highest BCUT2D eigenvalue weighted by atomic mass is 28.4. The van der Waals surface area contributed by atoms with Crippen LogP contribution < -0.4 is 0 Å². The Hall–Kier alpha value is -1.27. The molecule has 5 heteroatoms. The molecule has 0 fully saturated rings. The Kier molecular flexibility index (Phi) is 4.65. The van der Waals surface area contributed by atoms with E-state index in [1.807, 2.05) is 24.4 Å². The number of hydrogen-bond donors (Lipinski definition) is 0. The van der Waals surface area contributed by atoms with Crippen molar-refractivity contribution in [3.05, 3.63) is 42.2 Å². The highest BCUT2D eigenvalue weighted by Gasteiger charge is 2.37. The zero-order valence-corrected chi connectivity index (χ0v) is 12.6. The monoisotopic (exact) mass is 277 g/mol. The van der Waals surface area contributed by atoms with Gasteiger partial charge in [-0.05, 0) is 17.9 Å². The Morgan fingerprint density at radius 2 is 1.68 bits per heavy atom. The smallest absolute Gasteiger partial charge is 0.377 e. The van der Waals surface area contributed by atoms with Gasteiger partial charge in [-0.25, -0.2) is 0 Å². The van der Waals surface area contributed by atoms with Gasteiger partial charge in [0.05, 0.1) is 0 Å². The van der Waals surface area contributed by atoms with Gasteiger partial charge in [0.15, 0.2) is 0 Å². The van der Waals surface area contributed by atoms with Gasteiger partial charge in [-0.1, -0.05) is 24.3 Å². The molecule has 0 saturated carbocycles. The third-order valence-electron chi connectivity index (χ3n) is 3.36. The van der Waals surface area contributed by atoms with E-state index < -0.39 is 8.80 Å². The van der Waals surface area contributed by atoms with Crippen molar-refractivity contribution in [1.29, 1.82) is 0 Å². The molecule has 0 saturated heterocycles. The normalized spacial score (nSPS) is 11.9. The summed E-state index contributed by atoms with van der Waals surface area (Å²) < 4.78 is 16.3. The summed E-state index contributed by atoms with van der Waals surface area (Å²) in [6.45, 7) is 0. The molecule has 19 heavy (non-hydrogen) atoms. The summed E-state index contributed by atoms with van der Waals surface area (Å²) in [6.07, 6.45) is 2.62. The molecule has 0 spiro atoms. The fourth-order valence-electron chi connectivity index (χ4n) is 2.21. The Labute approximate surface area is 114 Å². The van der Waals surface area contributed by atoms with Gasteiger partial charge < -0.3 is 13.3 Å². The van der Waals surface area contributed by atoms with Crippen LogP contribution in [0.4, 0.5) is 0 Å². The van der Waals surface area contributed by atoms with E-state index in [2.05, 4.69) is 17.1 Å². The molecule has 1 aromatic heterocycles. The van der Waals surface area contributed by atoms with Gasteiger partial charge in [-0.3, -0.25) is 4.98 Å². The van der Waals surface area contributed by atoms with Gasteiger partial charge in [0.2, 0.25) is 0 Å². The van der Waals surface area contributed by atoms with Crippen molar-refractivity contribution >= 4 is 19.6 Å². The average molecular weight is 277 g/mol. The second-order valence-electron chi connectivity index (χ2n) is 4.27. The average Bonchev–Trinajstić information content (AvgIpc) is 2.49. The highest BCUT2D eigenvalue weighted by Crippen LogP contribution is 2.21. The maximum absolute atomic E-state index is 5.44. The molecule has 0 bridgehead atoms. The minimum atomic E-state index is -2.53. The first kappa shape index (κ1) is 14.1. The van der Waals surface area contributed by atoms with Crippen LogP contribution in [0.2, 0.25) is 6.04 Å². The third-order valence-corrected chi connectivity index (χ3v) is 6.09. The maximum atomic E-state index is 5.44. The van der Waals surface area contributed by atoms with Crippen molar-refractivity contribution < 1.29 is 13.3 Å². The van der Waals surface area contributed by atoms with Crippen LogP contribution in [-0.2, 0) is 19.7 Å². The predicted octanol–water partition coefficient (Wildman–Crippen LogP) is 2.66. The molecule has 2 aromatic rings. The summed E-state index contributed by atoms with van der Waals surface area (Å²) in [5, 5.41) is 2.38. The fraction of sp³-hybridized carbons (Fsp3) is 0.357. The molecule has 0 aliphatic rings. The van der Waals surface area contributed by atoms with Crippen LogP contribution in [0.15, 0.2) is 36.5 Å². The van der Waals surface area contributed by atoms with Crippen LogP contribution in [0.1, 0.15) is 5.69 Å². The second kappa shape index (κ2) is 6.25. The molecule has 0 atom stereocenters. The molecular weight excluding hydrogens is 258 g/mol. The van der Waals surface area contributed by atoms with Crippen LogP contribution in [0, 0.1) is 0 Å². The lowest BCUT2D eigenvalue weighted by Gasteiger charge is -2.24. The fourth-order valence-corrected chi connectivity index (χ4v) is 3.86. The van der Waals surface area contributed by atoms with E-state index in [0.29, 0.717) is 0 Å². The minimum Gasteiger partial charge on any atom is -0.377 e. The zero-order chi connectivity index (χ0) is 13.7. The molecule has 0 radical (unpaired) electrons. The van der Waals surface area contributed by atoms with Gasteiger partial charge in [-0.2, -0.15) is 0 Å². The van der Waals surface area contributed by atoms with Crippen molar-refractivity contribution in [2.75, 3.05) is 21.3 Å². The Bertz CT molecular complexity index is 529. The number of benzene rings is 1. The van der Waals surface area contributed by atoms with Gasteiger partial charge in [0, 0.05) is 44.7 Å². The van der Waals surface area contributed by atoms with Crippen LogP contribution in [-0.4, -0.2) is 35.1 Å². The molecule has 0 aliphatic heterocycles. The van der Waals surface area contributed by atoms with Crippen molar-refractivity contribution in [2.24, 2.45) is 0 Å². The van der Waals surface area contributed by atoms with E-state index in [9.17, 15) is 0 Å². The van der Waals surface area contributed by atoms with Crippen LogP contribution in [0.25, 0.3) is 10.8 Å². The molecule has 0 N–H and O–H groups in total. The highest BCUT2D eigenvalue weighted by molar-refractivity contribution is 6.60. The number of rotatable bonds is 6. The SMILES string of the molecule is CO[Si](CCc1nccc2ccccc12)(OC)OC. The molecule has 102 valence electrons. The lowest BCUT2D eigenvalue weighted by Crippen LogP contribution is -2.43. The Morgan fingerprint density at radius 1 is 1.00 bits per heavy atom. The standard InChI is InChI=1S/C14H19NO3Si/c1-16-19(17-2,18-3)11-9-14-13-7-5-4-6-12(13)8-10-15-14/h4-8,10H,9,11H2,1-3H3. The van der Waals surface area contributed by atoms with Gasteiger partial charge in [-0.15, -0.1) is 0 Å². The first-order valence-corrected chi connectivity index (χ1v) is 8.16. The van der Waals surface area contributed by atoms with E-state index >= 15 is 0 Å². The number of hydrogen-bond acceptors (Lipinski definition) is 4. The summed E-state index contributed by atoms with van der Waals surface area (Å²) in [4.78, 5) is 4.47. The number of aromatic nitrogens is 1. The Morgan fingerprint density at radius 3 is 2.37 bits per heavy atom. The minimum absolute atomic E-state index is 0.720.